The summed E-state index contributed by atoms with van der Waals surface area (Å²) in [4.78, 5) is 17.1. The fourth-order valence-corrected chi connectivity index (χ4v) is 4.42. The SMILES string of the molecule is CC1(COc2ccnc3c2c(C#N)cn3COCC[Si](C)(C)C)CCN(C(=O)O)CC1. The Kier molecular flexibility index (Phi) is 6.92. The molecule has 1 aliphatic rings. The largest absolute Gasteiger partial charge is 0.492 e. The van der Waals surface area contributed by atoms with Gasteiger partial charge in [0.1, 0.15) is 24.2 Å². The van der Waals surface area contributed by atoms with Crippen molar-refractivity contribution in [2.75, 3.05) is 26.3 Å². The van der Waals surface area contributed by atoms with Crippen molar-refractivity contribution in [3.05, 3.63) is 24.0 Å². The van der Waals surface area contributed by atoms with Crippen molar-refractivity contribution in [2.24, 2.45) is 5.41 Å². The maximum absolute atomic E-state index is 11.2. The van der Waals surface area contributed by atoms with Gasteiger partial charge < -0.3 is 24.0 Å². The summed E-state index contributed by atoms with van der Waals surface area (Å²) in [6, 6.07) is 5.12. The Labute approximate surface area is 184 Å². The lowest BCUT2D eigenvalue weighted by Gasteiger charge is -2.37. The first kappa shape index (κ1) is 23.1. The van der Waals surface area contributed by atoms with Gasteiger partial charge in [-0.1, -0.05) is 26.6 Å². The van der Waals surface area contributed by atoms with E-state index in [-0.39, 0.29) is 5.41 Å². The molecule has 0 unspecified atom stereocenters. The van der Waals surface area contributed by atoms with E-state index >= 15 is 0 Å². The fraction of sp³-hybridized carbons (Fsp3) is 0.591. The van der Waals surface area contributed by atoms with Crippen LogP contribution in [0.2, 0.25) is 25.7 Å². The van der Waals surface area contributed by atoms with Gasteiger partial charge in [0, 0.05) is 45.6 Å². The molecule has 3 heterocycles. The van der Waals surface area contributed by atoms with Crippen LogP contribution in [0.25, 0.3) is 11.0 Å². The van der Waals surface area contributed by atoms with Gasteiger partial charge in [-0.2, -0.15) is 5.26 Å². The van der Waals surface area contributed by atoms with Crippen LogP contribution in [0.5, 0.6) is 5.75 Å². The van der Waals surface area contributed by atoms with Crippen molar-refractivity contribution in [2.45, 2.75) is 52.2 Å². The predicted octanol–water partition coefficient (Wildman–Crippen LogP) is 4.38. The van der Waals surface area contributed by atoms with Gasteiger partial charge >= 0.3 is 6.09 Å². The monoisotopic (exact) mass is 444 g/mol. The first-order valence-electron chi connectivity index (χ1n) is 10.7. The number of aromatic nitrogens is 2. The van der Waals surface area contributed by atoms with E-state index in [1.54, 1.807) is 18.5 Å². The Hall–Kier alpha value is -2.57. The topological polar surface area (TPSA) is 101 Å². The van der Waals surface area contributed by atoms with Crippen LogP contribution < -0.4 is 4.74 Å². The number of ether oxygens (including phenoxy) is 2. The second-order valence-electron chi connectivity index (χ2n) is 9.85. The van der Waals surface area contributed by atoms with Crippen LogP contribution in [0.3, 0.4) is 0 Å². The minimum absolute atomic E-state index is 0.114. The third-order valence-corrected chi connectivity index (χ3v) is 7.59. The lowest BCUT2D eigenvalue weighted by molar-refractivity contribution is 0.0660. The van der Waals surface area contributed by atoms with Crippen molar-refractivity contribution in [3.8, 4) is 11.8 Å². The van der Waals surface area contributed by atoms with Crippen LogP contribution in [0.1, 0.15) is 25.3 Å². The number of nitrogens with zero attached hydrogens (tertiary/aromatic N) is 4. The maximum Gasteiger partial charge on any atom is 0.407 e. The van der Waals surface area contributed by atoms with E-state index in [2.05, 4.69) is 37.6 Å². The summed E-state index contributed by atoms with van der Waals surface area (Å²) in [5, 5.41) is 19.5. The quantitative estimate of drug-likeness (QED) is 0.479. The molecule has 0 aliphatic carbocycles. The van der Waals surface area contributed by atoms with Gasteiger partial charge in [-0.25, -0.2) is 9.78 Å². The zero-order valence-corrected chi connectivity index (χ0v) is 19.8. The van der Waals surface area contributed by atoms with Gasteiger partial charge in [0.25, 0.3) is 0 Å². The number of carbonyl (C=O) groups is 1. The Morgan fingerprint density at radius 3 is 2.68 bits per heavy atom. The summed E-state index contributed by atoms with van der Waals surface area (Å²) < 4.78 is 13.9. The van der Waals surface area contributed by atoms with Gasteiger partial charge in [0.2, 0.25) is 0 Å². The summed E-state index contributed by atoms with van der Waals surface area (Å²) >= 11 is 0. The minimum Gasteiger partial charge on any atom is -0.492 e. The lowest BCUT2D eigenvalue weighted by Crippen LogP contribution is -2.43. The zero-order chi connectivity index (χ0) is 22.6. The lowest BCUT2D eigenvalue weighted by atomic mass is 9.81. The van der Waals surface area contributed by atoms with Gasteiger partial charge in [-0.15, -0.1) is 0 Å². The second-order valence-corrected chi connectivity index (χ2v) is 15.5. The summed E-state index contributed by atoms with van der Waals surface area (Å²) in [6.45, 7) is 11.6. The highest BCUT2D eigenvalue weighted by Crippen LogP contribution is 2.34. The summed E-state index contributed by atoms with van der Waals surface area (Å²) in [7, 11) is -1.16. The highest BCUT2D eigenvalue weighted by molar-refractivity contribution is 6.76. The Bertz CT molecular complexity index is 968. The molecule has 0 aromatic carbocycles. The number of nitriles is 1. The average Bonchev–Trinajstić information content (AvgIpc) is 3.08. The molecule has 0 bridgehead atoms. The van der Waals surface area contributed by atoms with E-state index in [4.69, 9.17) is 14.6 Å². The van der Waals surface area contributed by atoms with Gasteiger partial charge in [0.15, 0.2) is 0 Å². The second kappa shape index (κ2) is 9.28. The fourth-order valence-electron chi connectivity index (χ4n) is 3.66. The van der Waals surface area contributed by atoms with Crippen molar-refractivity contribution in [1.82, 2.24) is 14.5 Å². The molecule has 0 radical (unpaired) electrons. The number of pyridine rings is 1. The first-order valence-corrected chi connectivity index (χ1v) is 14.4. The molecule has 1 fully saturated rings. The third kappa shape index (κ3) is 5.77. The molecule has 1 aliphatic heterocycles. The standard InChI is InChI=1S/C22H32N4O4Si/c1-22(6-9-25(10-7-22)21(27)28)15-30-18-5-8-24-20-19(18)17(13-23)14-26(20)16-29-11-12-31(2,3)4/h5,8,14H,6-7,9-12,15-16H2,1-4H3,(H,27,28). The number of carboxylic acid groups (broad SMARTS) is 1. The van der Waals surface area contributed by atoms with Gasteiger partial charge in [0.05, 0.1) is 17.6 Å². The van der Waals surface area contributed by atoms with E-state index in [9.17, 15) is 10.1 Å². The van der Waals surface area contributed by atoms with E-state index < -0.39 is 14.2 Å². The van der Waals surface area contributed by atoms with Crippen molar-refractivity contribution < 1.29 is 19.4 Å². The molecule has 0 atom stereocenters. The van der Waals surface area contributed by atoms with Crippen LogP contribution in [0, 0.1) is 16.7 Å². The number of fused-ring (bicyclic) bond motifs is 1. The van der Waals surface area contributed by atoms with Gasteiger partial charge in [-0.05, 0) is 25.0 Å². The zero-order valence-electron chi connectivity index (χ0n) is 18.8. The Morgan fingerprint density at radius 2 is 2.06 bits per heavy atom. The van der Waals surface area contributed by atoms with Crippen LogP contribution in [-0.4, -0.2) is 60.0 Å². The average molecular weight is 445 g/mol. The molecule has 3 rings (SSSR count). The summed E-state index contributed by atoms with van der Waals surface area (Å²) in [6.07, 6.45) is 4.07. The maximum atomic E-state index is 11.2. The minimum atomic E-state index is -1.16. The number of hydrogen-bond acceptors (Lipinski definition) is 5. The number of amides is 1. The molecule has 2 aromatic heterocycles. The molecule has 1 saturated heterocycles. The van der Waals surface area contributed by atoms with E-state index in [1.165, 1.54) is 4.90 Å². The molecule has 8 nitrogen and oxygen atoms in total. The number of hydrogen-bond donors (Lipinski definition) is 1. The molecule has 31 heavy (non-hydrogen) atoms. The summed E-state index contributed by atoms with van der Waals surface area (Å²) in [5.74, 6) is 0.629. The molecule has 9 heteroatoms. The molecular weight excluding hydrogens is 412 g/mol. The van der Waals surface area contributed by atoms with E-state index in [1.807, 2.05) is 4.57 Å². The molecule has 0 spiro atoms. The molecule has 0 saturated carbocycles. The summed E-state index contributed by atoms with van der Waals surface area (Å²) in [5.41, 5.74) is 1.07. The number of likely N-dealkylation sites (tertiary alicyclic amines) is 1. The molecular formula is C22H32N4O4Si. The predicted molar refractivity (Wildman–Crippen MR) is 121 cm³/mol. The van der Waals surface area contributed by atoms with Gasteiger partial charge in [-0.3, -0.25) is 0 Å². The van der Waals surface area contributed by atoms with Crippen molar-refractivity contribution in [3.63, 3.8) is 0 Å². The van der Waals surface area contributed by atoms with E-state index in [0.29, 0.717) is 55.4 Å². The highest BCUT2D eigenvalue weighted by Gasteiger charge is 2.33. The van der Waals surface area contributed by atoms with Crippen molar-refractivity contribution >= 4 is 25.2 Å². The number of piperidine rings is 1. The van der Waals surface area contributed by atoms with Crippen LogP contribution in [0.4, 0.5) is 4.79 Å². The van der Waals surface area contributed by atoms with Crippen LogP contribution in [0.15, 0.2) is 18.5 Å². The Balaban J connectivity index is 1.71. The van der Waals surface area contributed by atoms with E-state index in [0.717, 1.165) is 18.9 Å². The van der Waals surface area contributed by atoms with Crippen LogP contribution in [-0.2, 0) is 11.5 Å². The molecule has 1 N–H and O–H groups in total. The molecule has 2 aromatic rings. The number of rotatable bonds is 8. The van der Waals surface area contributed by atoms with Crippen molar-refractivity contribution in [1.29, 1.82) is 5.26 Å². The highest BCUT2D eigenvalue weighted by atomic mass is 28.3. The smallest absolute Gasteiger partial charge is 0.407 e. The first-order chi connectivity index (χ1) is 14.6. The normalized spacial score (nSPS) is 16.3. The van der Waals surface area contributed by atoms with Crippen LogP contribution >= 0.6 is 0 Å². The third-order valence-electron chi connectivity index (χ3n) is 5.88. The molecule has 1 amide bonds. The molecule has 168 valence electrons. The Morgan fingerprint density at radius 1 is 1.35 bits per heavy atom.